The fourth-order valence-corrected chi connectivity index (χ4v) is 2.70. The van der Waals surface area contributed by atoms with Gasteiger partial charge in [0, 0.05) is 22.0 Å². The number of nitrogen functional groups attached to an aromatic ring is 1. The molecule has 0 saturated carbocycles. The molecule has 0 fully saturated rings. The first-order valence-electron chi connectivity index (χ1n) is 6.68. The van der Waals surface area contributed by atoms with Crippen LogP contribution in [0.3, 0.4) is 0 Å². The van der Waals surface area contributed by atoms with Crippen molar-refractivity contribution >= 4 is 33.3 Å². The third-order valence-electron chi connectivity index (χ3n) is 3.18. The molecule has 0 unspecified atom stereocenters. The minimum absolute atomic E-state index is 0.0982. The Kier molecular flexibility index (Phi) is 4.49. The average Bonchev–Trinajstić information content (AvgIpc) is 2.71. The minimum atomic E-state index is -0.0982. The van der Waals surface area contributed by atoms with Crippen LogP contribution in [0.5, 0.6) is 0 Å². The Morgan fingerprint density at radius 3 is 2.62 bits per heavy atom. The van der Waals surface area contributed by atoms with E-state index in [1.165, 1.54) is 0 Å². The van der Waals surface area contributed by atoms with E-state index in [-0.39, 0.29) is 5.41 Å². The molecule has 0 radical (unpaired) electrons. The molecule has 2 rings (SSSR count). The Bertz CT molecular complexity index is 684. The van der Waals surface area contributed by atoms with Crippen LogP contribution in [-0.4, -0.2) is 9.55 Å². The fourth-order valence-electron chi connectivity index (χ4n) is 2.21. The molecular formula is C16H19BrClN3. The fraction of sp³-hybridized carbons (Fsp3) is 0.312. The number of halogens is 2. The zero-order chi connectivity index (χ0) is 15.8. The Morgan fingerprint density at radius 1 is 1.43 bits per heavy atom. The number of aromatic nitrogens is 2. The van der Waals surface area contributed by atoms with Crippen LogP contribution in [-0.2, 0) is 12.0 Å². The van der Waals surface area contributed by atoms with Gasteiger partial charge in [-0.15, -0.1) is 6.58 Å². The first-order valence-corrected chi connectivity index (χ1v) is 7.85. The van der Waals surface area contributed by atoms with Gasteiger partial charge in [-0.2, -0.15) is 0 Å². The van der Waals surface area contributed by atoms with Gasteiger partial charge in [-0.1, -0.05) is 44.5 Å². The molecule has 21 heavy (non-hydrogen) atoms. The van der Waals surface area contributed by atoms with Gasteiger partial charge < -0.3 is 10.3 Å². The first kappa shape index (κ1) is 16.1. The lowest BCUT2D eigenvalue weighted by molar-refractivity contribution is 0.515. The highest BCUT2D eigenvalue weighted by atomic mass is 79.9. The van der Waals surface area contributed by atoms with Gasteiger partial charge in [0.2, 0.25) is 0 Å². The zero-order valence-corrected chi connectivity index (χ0v) is 14.8. The van der Waals surface area contributed by atoms with Crippen LogP contribution in [0.4, 0.5) is 5.82 Å². The standard InChI is InChI=1S/C16H19BrClN3/c1-5-8-21-14(19)13(20-15(21)16(2,3)4)10-6-7-12(18)11(17)9-10/h5-7,9H,1,8,19H2,2-4H3. The summed E-state index contributed by atoms with van der Waals surface area (Å²) < 4.78 is 2.84. The molecule has 1 aromatic heterocycles. The van der Waals surface area contributed by atoms with Crippen molar-refractivity contribution in [2.75, 3.05) is 5.73 Å². The largest absolute Gasteiger partial charge is 0.383 e. The number of hydrogen-bond acceptors (Lipinski definition) is 2. The first-order chi connectivity index (χ1) is 9.75. The van der Waals surface area contributed by atoms with Crippen LogP contribution >= 0.6 is 27.5 Å². The van der Waals surface area contributed by atoms with Crippen molar-refractivity contribution in [3.05, 3.63) is 46.2 Å². The van der Waals surface area contributed by atoms with Gasteiger partial charge in [0.25, 0.3) is 0 Å². The van der Waals surface area contributed by atoms with E-state index in [9.17, 15) is 0 Å². The van der Waals surface area contributed by atoms with Gasteiger partial charge >= 0.3 is 0 Å². The predicted molar refractivity (Wildman–Crippen MR) is 93.7 cm³/mol. The summed E-state index contributed by atoms with van der Waals surface area (Å²) in [5, 5.41) is 0.666. The molecule has 0 aliphatic carbocycles. The van der Waals surface area contributed by atoms with E-state index in [0.29, 0.717) is 17.4 Å². The van der Waals surface area contributed by atoms with E-state index in [1.54, 1.807) is 0 Å². The number of hydrogen-bond donors (Lipinski definition) is 1. The van der Waals surface area contributed by atoms with Gasteiger partial charge in [0.1, 0.15) is 17.3 Å². The number of anilines is 1. The van der Waals surface area contributed by atoms with Crippen LogP contribution in [0.15, 0.2) is 35.3 Å². The number of allylic oxidation sites excluding steroid dienone is 1. The maximum Gasteiger partial charge on any atom is 0.132 e. The summed E-state index contributed by atoms with van der Waals surface area (Å²) in [7, 11) is 0. The van der Waals surface area contributed by atoms with E-state index < -0.39 is 0 Å². The van der Waals surface area contributed by atoms with Crippen molar-refractivity contribution in [3.8, 4) is 11.3 Å². The third-order valence-corrected chi connectivity index (χ3v) is 4.40. The van der Waals surface area contributed by atoms with Gasteiger partial charge in [0.15, 0.2) is 0 Å². The van der Waals surface area contributed by atoms with Crippen molar-refractivity contribution in [1.82, 2.24) is 9.55 Å². The number of nitrogens with zero attached hydrogens (tertiary/aromatic N) is 2. The van der Waals surface area contributed by atoms with Crippen LogP contribution in [0, 0.1) is 0 Å². The van der Waals surface area contributed by atoms with Crippen molar-refractivity contribution in [1.29, 1.82) is 0 Å². The average molecular weight is 369 g/mol. The van der Waals surface area contributed by atoms with E-state index in [0.717, 1.165) is 21.6 Å². The Labute approximate surface area is 139 Å². The van der Waals surface area contributed by atoms with E-state index >= 15 is 0 Å². The van der Waals surface area contributed by atoms with Gasteiger partial charge in [-0.05, 0) is 28.1 Å². The lowest BCUT2D eigenvalue weighted by Gasteiger charge is -2.19. The Morgan fingerprint density at radius 2 is 2.10 bits per heavy atom. The highest BCUT2D eigenvalue weighted by Gasteiger charge is 2.25. The summed E-state index contributed by atoms with van der Waals surface area (Å²) in [6.07, 6.45) is 1.83. The van der Waals surface area contributed by atoms with Gasteiger partial charge in [0.05, 0.1) is 5.02 Å². The lowest BCUT2D eigenvalue weighted by atomic mass is 9.95. The SMILES string of the molecule is C=CCn1c(C(C)(C)C)nc(-c2ccc(Cl)c(Br)c2)c1N. The molecule has 1 aromatic carbocycles. The summed E-state index contributed by atoms with van der Waals surface area (Å²) in [5.74, 6) is 1.59. The van der Waals surface area contributed by atoms with Gasteiger partial charge in [-0.25, -0.2) is 4.98 Å². The Balaban J connectivity index is 2.64. The molecule has 1 heterocycles. The zero-order valence-electron chi connectivity index (χ0n) is 12.5. The minimum Gasteiger partial charge on any atom is -0.383 e. The molecule has 0 spiro atoms. The number of imidazole rings is 1. The number of nitrogens with two attached hydrogens (primary N) is 1. The summed E-state index contributed by atoms with van der Waals surface area (Å²) >= 11 is 9.49. The lowest BCUT2D eigenvalue weighted by Crippen LogP contribution is -2.19. The maximum atomic E-state index is 6.31. The van der Waals surface area contributed by atoms with Crippen molar-refractivity contribution in [2.45, 2.75) is 32.7 Å². The van der Waals surface area contributed by atoms with Crippen LogP contribution in [0.25, 0.3) is 11.3 Å². The molecule has 2 aromatic rings. The van der Waals surface area contributed by atoms with Crippen molar-refractivity contribution in [2.24, 2.45) is 0 Å². The highest BCUT2D eigenvalue weighted by molar-refractivity contribution is 9.10. The summed E-state index contributed by atoms with van der Waals surface area (Å²) in [6.45, 7) is 10.8. The van der Waals surface area contributed by atoms with Gasteiger partial charge in [-0.3, -0.25) is 0 Å². The molecule has 0 amide bonds. The molecule has 3 nitrogen and oxygen atoms in total. The molecule has 0 atom stereocenters. The van der Waals surface area contributed by atoms with Crippen molar-refractivity contribution < 1.29 is 0 Å². The third kappa shape index (κ3) is 3.16. The quantitative estimate of drug-likeness (QED) is 0.772. The molecule has 5 heteroatoms. The van der Waals surface area contributed by atoms with Crippen LogP contribution in [0.2, 0.25) is 5.02 Å². The molecule has 0 bridgehead atoms. The van der Waals surface area contributed by atoms with Crippen LogP contribution < -0.4 is 5.73 Å². The number of rotatable bonds is 3. The van der Waals surface area contributed by atoms with E-state index in [2.05, 4.69) is 43.3 Å². The topological polar surface area (TPSA) is 43.8 Å². The molecule has 0 aliphatic heterocycles. The maximum absolute atomic E-state index is 6.31. The predicted octanol–water partition coefficient (Wildman–Crippen LogP) is 5.03. The summed E-state index contributed by atoms with van der Waals surface area (Å²) in [5.41, 5.74) is 7.93. The van der Waals surface area contributed by atoms with E-state index in [4.69, 9.17) is 22.3 Å². The second-order valence-corrected chi connectivity index (χ2v) is 7.21. The summed E-state index contributed by atoms with van der Waals surface area (Å²) in [4.78, 5) is 4.77. The molecule has 0 aliphatic rings. The van der Waals surface area contributed by atoms with Crippen LogP contribution in [0.1, 0.15) is 26.6 Å². The van der Waals surface area contributed by atoms with E-state index in [1.807, 2.05) is 28.8 Å². The molecule has 0 saturated heterocycles. The Hall–Kier alpha value is -1.26. The normalized spacial score (nSPS) is 11.7. The molecule has 112 valence electrons. The highest BCUT2D eigenvalue weighted by Crippen LogP contribution is 2.34. The smallest absolute Gasteiger partial charge is 0.132 e. The molecular weight excluding hydrogens is 350 g/mol. The monoisotopic (exact) mass is 367 g/mol. The second kappa shape index (κ2) is 5.85. The van der Waals surface area contributed by atoms with Crippen molar-refractivity contribution in [3.63, 3.8) is 0 Å². The number of benzene rings is 1. The second-order valence-electron chi connectivity index (χ2n) is 5.95. The summed E-state index contributed by atoms with van der Waals surface area (Å²) in [6, 6.07) is 5.70. The molecule has 2 N–H and O–H groups in total.